The normalized spacial score (nSPS) is 12.3. The van der Waals surface area contributed by atoms with Crippen LogP contribution in [-0.2, 0) is 6.54 Å². The van der Waals surface area contributed by atoms with Gasteiger partial charge in [0.05, 0.1) is 16.9 Å². The summed E-state index contributed by atoms with van der Waals surface area (Å²) in [5, 5.41) is 0. The number of hydrogen-bond donors (Lipinski definition) is 0. The second-order valence-electron chi connectivity index (χ2n) is 13.7. The van der Waals surface area contributed by atoms with E-state index in [2.05, 4.69) is 188 Å². The van der Waals surface area contributed by atoms with Gasteiger partial charge < -0.3 is 0 Å². The molecule has 2 aromatic heterocycles. The fourth-order valence-corrected chi connectivity index (χ4v) is 7.64. The minimum Gasteiger partial charge on any atom is -0.284 e. The van der Waals surface area contributed by atoms with Gasteiger partial charge in [0.1, 0.15) is 24.6 Å². The summed E-state index contributed by atoms with van der Waals surface area (Å²) in [5.74, 6) is 2.33. The van der Waals surface area contributed by atoms with E-state index in [9.17, 15) is 0 Å². The van der Waals surface area contributed by atoms with E-state index in [0.29, 0.717) is 12.5 Å². The Morgan fingerprint density at radius 3 is 2.16 bits per heavy atom. The molecule has 8 rings (SSSR count). The molecule has 0 spiro atoms. The number of imidazole rings is 2. The van der Waals surface area contributed by atoms with Gasteiger partial charge in [0.2, 0.25) is 5.95 Å². The first-order valence-electron chi connectivity index (χ1n) is 17.2. The molecule has 0 saturated carbocycles. The first-order valence-corrected chi connectivity index (χ1v) is 17.2. The fourth-order valence-electron chi connectivity index (χ4n) is 7.64. The number of nitrogens with zero attached hydrogens (tertiary/aromatic N) is 5. The zero-order chi connectivity index (χ0) is 33.8. The predicted octanol–water partition coefficient (Wildman–Crippen LogP) is 10.5. The van der Waals surface area contributed by atoms with Crippen LogP contribution in [0.4, 0.5) is 17.3 Å². The molecule has 5 heteroatoms. The van der Waals surface area contributed by atoms with Crippen molar-refractivity contribution in [2.24, 2.45) is 0 Å². The van der Waals surface area contributed by atoms with E-state index in [-0.39, 0.29) is 0 Å². The van der Waals surface area contributed by atoms with E-state index in [1.54, 1.807) is 0 Å². The molecule has 4 bridgehead atoms. The van der Waals surface area contributed by atoms with Crippen LogP contribution < -0.4 is 9.47 Å². The van der Waals surface area contributed by atoms with Crippen LogP contribution >= 0.6 is 0 Å². The molecule has 1 aliphatic heterocycles. The number of aryl methyl sites for hydroxylation is 4. The smallest absolute Gasteiger partial charge is 0.284 e. The van der Waals surface area contributed by atoms with Gasteiger partial charge in [-0.1, -0.05) is 98.3 Å². The number of rotatable bonds is 4. The largest absolute Gasteiger partial charge is 0.294 e. The summed E-state index contributed by atoms with van der Waals surface area (Å²) in [4.78, 5) is 7.86. The predicted molar refractivity (Wildman–Crippen MR) is 201 cm³/mol. The van der Waals surface area contributed by atoms with Crippen molar-refractivity contribution in [3.63, 3.8) is 0 Å². The highest BCUT2D eigenvalue weighted by molar-refractivity contribution is 5.79. The zero-order valence-electron chi connectivity index (χ0n) is 29.1. The van der Waals surface area contributed by atoms with Gasteiger partial charge in [-0.25, -0.2) is 9.55 Å². The molecule has 5 aromatic carbocycles. The molecule has 0 unspecified atom stereocenters. The minimum atomic E-state index is 0.335. The molecule has 7 aromatic rings. The third-order valence-corrected chi connectivity index (χ3v) is 9.81. The van der Waals surface area contributed by atoms with Crippen molar-refractivity contribution in [2.45, 2.75) is 54.0 Å². The highest BCUT2D eigenvalue weighted by atomic mass is 15.3. The maximum atomic E-state index is 5.54. The molecule has 0 radical (unpaired) electrons. The van der Waals surface area contributed by atoms with E-state index in [0.717, 1.165) is 40.0 Å². The molecule has 0 fully saturated rings. The van der Waals surface area contributed by atoms with Crippen LogP contribution in [0.5, 0.6) is 0 Å². The van der Waals surface area contributed by atoms with Gasteiger partial charge in [0.25, 0.3) is 5.82 Å². The lowest BCUT2D eigenvalue weighted by atomic mass is 9.95. The molecule has 0 aliphatic carbocycles. The Balaban J connectivity index is 1.48. The summed E-state index contributed by atoms with van der Waals surface area (Å²) < 4.78 is 7.09. The van der Waals surface area contributed by atoms with Crippen molar-refractivity contribution in [1.82, 2.24) is 14.1 Å². The highest BCUT2D eigenvalue weighted by Crippen LogP contribution is 2.41. The van der Waals surface area contributed by atoms with Gasteiger partial charge in [-0.2, -0.15) is 4.57 Å². The molecule has 0 N–H and O–H groups in total. The van der Waals surface area contributed by atoms with Crippen molar-refractivity contribution in [1.29, 1.82) is 0 Å². The summed E-state index contributed by atoms with van der Waals surface area (Å²) >= 11 is 0. The number of hydrogen-bond acceptors (Lipinski definition) is 2. The number of benzene rings is 5. The summed E-state index contributed by atoms with van der Waals surface area (Å²) in [6, 6.07) is 39.5. The summed E-state index contributed by atoms with van der Waals surface area (Å²) in [5.41, 5.74) is 15.3. The van der Waals surface area contributed by atoms with E-state index < -0.39 is 0 Å². The Kier molecular flexibility index (Phi) is 7.56. The first kappa shape index (κ1) is 30.6. The number of aromatic nitrogens is 4. The molecule has 3 heterocycles. The molecule has 5 nitrogen and oxygen atoms in total. The highest BCUT2D eigenvalue weighted by Gasteiger charge is 2.29. The zero-order valence-corrected chi connectivity index (χ0v) is 29.1. The Bertz CT molecular complexity index is 2320. The third-order valence-electron chi connectivity index (χ3n) is 9.81. The number of anilines is 3. The average molecular weight is 641 g/mol. The Morgan fingerprint density at radius 2 is 1.39 bits per heavy atom. The second-order valence-corrected chi connectivity index (χ2v) is 13.7. The number of fused-ring (bicyclic) bond motifs is 8. The maximum Gasteiger partial charge on any atom is 0.294 e. The van der Waals surface area contributed by atoms with Gasteiger partial charge >= 0.3 is 0 Å². The average Bonchev–Trinajstić information content (AvgIpc) is 3.70. The summed E-state index contributed by atoms with van der Waals surface area (Å²) in [6.07, 6.45) is 6.69. The number of para-hydroxylation sites is 2. The van der Waals surface area contributed by atoms with Crippen molar-refractivity contribution >= 4 is 17.3 Å². The third kappa shape index (κ3) is 5.26. The fraction of sp³-hybridized carbons (Fsp3) is 0.182. The van der Waals surface area contributed by atoms with E-state index in [4.69, 9.17) is 4.98 Å². The lowest BCUT2D eigenvalue weighted by molar-refractivity contribution is -0.676. The minimum absolute atomic E-state index is 0.335. The molecule has 1 aliphatic rings. The SMILES string of the molecule is Cc1cc(C)c(-n2cc3nc2N(c2ccccc2)c2cccc(c2)-c2n(-c4c(C)cccc4C)cc[n+]2Cc2ccccc2-3)c(C(C)C)c1. The van der Waals surface area contributed by atoms with Gasteiger partial charge in [-0.05, 0) is 86.2 Å². The standard InChI is InChI=1S/C44H42N5/c1-29(2)39-25-30(3)24-33(6)42(39)48-28-40-38-21-11-10-16-35(38)27-46-22-23-47(41-31(4)14-12-15-32(41)5)43(46)34-17-13-20-37(26-34)49(44(48)45-40)36-18-8-7-9-19-36/h7-26,28-29H,27H2,1-6H3/q+1. The summed E-state index contributed by atoms with van der Waals surface area (Å²) in [6.45, 7) is 14.1. The van der Waals surface area contributed by atoms with Crippen LogP contribution in [0.1, 0.15) is 53.1 Å². The molecule has 0 amide bonds. The Labute approximate surface area is 289 Å². The topological polar surface area (TPSA) is 29.9 Å². The monoisotopic (exact) mass is 640 g/mol. The van der Waals surface area contributed by atoms with E-state index >= 15 is 0 Å². The molecular weight excluding hydrogens is 599 g/mol. The van der Waals surface area contributed by atoms with Crippen LogP contribution in [0.15, 0.2) is 128 Å². The van der Waals surface area contributed by atoms with Gasteiger partial charge in [0, 0.05) is 28.7 Å². The summed E-state index contributed by atoms with van der Waals surface area (Å²) in [7, 11) is 0. The molecular formula is C44H42N5+. The van der Waals surface area contributed by atoms with Gasteiger partial charge in [-0.15, -0.1) is 0 Å². The second kappa shape index (κ2) is 12.1. The van der Waals surface area contributed by atoms with Gasteiger partial charge in [0.15, 0.2) is 0 Å². The van der Waals surface area contributed by atoms with Crippen molar-refractivity contribution in [3.05, 3.63) is 161 Å². The molecule has 0 saturated heterocycles. The van der Waals surface area contributed by atoms with Crippen LogP contribution in [0.2, 0.25) is 0 Å². The lowest BCUT2D eigenvalue weighted by Crippen LogP contribution is -2.35. The van der Waals surface area contributed by atoms with Crippen LogP contribution in [-0.4, -0.2) is 14.1 Å². The van der Waals surface area contributed by atoms with E-state index in [1.165, 1.54) is 44.8 Å². The maximum absolute atomic E-state index is 5.54. The van der Waals surface area contributed by atoms with Crippen molar-refractivity contribution in [2.75, 3.05) is 4.90 Å². The quantitative estimate of drug-likeness (QED) is 0.179. The van der Waals surface area contributed by atoms with Crippen LogP contribution in [0.3, 0.4) is 0 Å². The van der Waals surface area contributed by atoms with E-state index in [1.807, 2.05) is 0 Å². The van der Waals surface area contributed by atoms with Crippen LogP contribution in [0.25, 0.3) is 34.0 Å². The molecule has 49 heavy (non-hydrogen) atoms. The Hall–Kier alpha value is -5.68. The molecule has 0 atom stereocenters. The Morgan fingerprint density at radius 1 is 0.673 bits per heavy atom. The lowest BCUT2D eigenvalue weighted by Gasteiger charge is -2.27. The van der Waals surface area contributed by atoms with Crippen molar-refractivity contribution < 1.29 is 4.57 Å². The van der Waals surface area contributed by atoms with Crippen molar-refractivity contribution in [3.8, 4) is 34.0 Å². The van der Waals surface area contributed by atoms with Crippen LogP contribution in [0, 0.1) is 27.7 Å². The van der Waals surface area contributed by atoms with Gasteiger partial charge in [-0.3, -0.25) is 9.47 Å². The molecule has 242 valence electrons. The first-order chi connectivity index (χ1) is 23.8.